The summed E-state index contributed by atoms with van der Waals surface area (Å²) in [6, 6.07) is 5.89. The molecular formula is C19H29IN4O2S. The fourth-order valence-electron chi connectivity index (χ4n) is 2.37. The molecule has 0 aliphatic heterocycles. The van der Waals surface area contributed by atoms with Gasteiger partial charge < -0.3 is 20.1 Å². The van der Waals surface area contributed by atoms with Crippen LogP contribution < -0.4 is 20.1 Å². The smallest absolute Gasteiger partial charge is 0.191 e. The lowest BCUT2D eigenvalue weighted by Crippen LogP contribution is -2.36. The number of nitrogens with zero attached hydrogens (tertiary/aromatic N) is 2. The van der Waals surface area contributed by atoms with Gasteiger partial charge in [0.15, 0.2) is 17.5 Å². The SMILES string of the molecule is CCNC(=NCc1ccc(OC)c(OCC)c1)NCc1nc(C)c(C)s1.I. The van der Waals surface area contributed by atoms with Crippen molar-refractivity contribution in [2.45, 2.75) is 40.8 Å². The number of nitrogens with one attached hydrogen (secondary N) is 2. The highest BCUT2D eigenvalue weighted by atomic mass is 127. The third-order valence-corrected chi connectivity index (χ3v) is 4.84. The van der Waals surface area contributed by atoms with Crippen LogP contribution in [0, 0.1) is 13.8 Å². The molecule has 2 aromatic rings. The number of halogens is 1. The monoisotopic (exact) mass is 504 g/mol. The maximum Gasteiger partial charge on any atom is 0.191 e. The van der Waals surface area contributed by atoms with E-state index in [4.69, 9.17) is 9.47 Å². The molecule has 0 radical (unpaired) electrons. The maximum atomic E-state index is 5.63. The Hall–Kier alpha value is -1.55. The van der Waals surface area contributed by atoms with Gasteiger partial charge in [0.1, 0.15) is 5.01 Å². The van der Waals surface area contributed by atoms with Crippen LogP contribution in [0.25, 0.3) is 0 Å². The van der Waals surface area contributed by atoms with Crippen molar-refractivity contribution in [2.24, 2.45) is 4.99 Å². The number of methoxy groups -OCH3 is 1. The summed E-state index contributed by atoms with van der Waals surface area (Å²) < 4.78 is 11.0. The zero-order valence-corrected chi connectivity index (χ0v) is 19.7. The minimum absolute atomic E-state index is 0. The normalized spacial score (nSPS) is 10.9. The summed E-state index contributed by atoms with van der Waals surface area (Å²) in [5.41, 5.74) is 2.16. The molecule has 1 aromatic heterocycles. The molecule has 0 aliphatic rings. The van der Waals surface area contributed by atoms with Crippen LogP contribution in [0.5, 0.6) is 11.5 Å². The highest BCUT2D eigenvalue weighted by molar-refractivity contribution is 14.0. The number of ether oxygens (including phenoxy) is 2. The van der Waals surface area contributed by atoms with E-state index in [0.717, 1.165) is 40.3 Å². The Bertz CT molecular complexity index is 730. The molecule has 8 heteroatoms. The van der Waals surface area contributed by atoms with Crippen LogP contribution in [0.1, 0.15) is 35.0 Å². The van der Waals surface area contributed by atoms with Gasteiger partial charge in [0.2, 0.25) is 0 Å². The molecule has 1 aromatic carbocycles. The fourth-order valence-corrected chi connectivity index (χ4v) is 3.25. The van der Waals surface area contributed by atoms with E-state index in [1.807, 2.05) is 32.0 Å². The number of guanidine groups is 1. The number of thiazole rings is 1. The van der Waals surface area contributed by atoms with E-state index in [1.54, 1.807) is 18.4 Å². The molecule has 1 heterocycles. The molecule has 0 bridgehead atoms. The number of aliphatic imine (C=N–C) groups is 1. The van der Waals surface area contributed by atoms with Crippen molar-refractivity contribution in [3.05, 3.63) is 39.3 Å². The second-order valence-electron chi connectivity index (χ2n) is 5.72. The van der Waals surface area contributed by atoms with Crippen LogP contribution in [-0.4, -0.2) is 31.2 Å². The minimum Gasteiger partial charge on any atom is -0.493 e. The third-order valence-electron chi connectivity index (χ3n) is 3.77. The largest absolute Gasteiger partial charge is 0.493 e. The Labute approximate surface area is 182 Å². The van der Waals surface area contributed by atoms with Crippen LogP contribution in [0.4, 0.5) is 0 Å². The van der Waals surface area contributed by atoms with Gasteiger partial charge in [-0.15, -0.1) is 35.3 Å². The number of rotatable bonds is 8. The Kier molecular flexibility index (Phi) is 10.5. The van der Waals surface area contributed by atoms with Crippen molar-refractivity contribution in [1.82, 2.24) is 15.6 Å². The summed E-state index contributed by atoms with van der Waals surface area (Å²) in [4.78, 5) is 10.5. The van der Waals surface area contributed by atoms with Crippen molar-refractivity contribution in [1.29, 1.82) is 0 Å². The second kappa shape index (κ2) is 12.0. The summed E-state index contributed by atoms with van der Waals surface area (Å²) >= 11 is 1.71. The van der Waals surface area contributed by atoms with Gasteiger partial charge in [-0.3, -0.25) is 0 Å². The molecule has 0 spiro atoms. The molecule has 0 aliphatic carbocycles. The minimum atomic E-state index is 0. The second-order valence-corrected chi connectivity index (χ2v) is 7.00. The average molecular weight is 504 g/mol. The van der Waals surface area contributed by atoms with Gasteiger partial charge in [-0.2, -0.15) is 0 Å². The molecule has 0 amide bonds. The van der Waals surface area contributed by atoms with Crippen molar-refractivity contribution in [3.63, 3.8) is 0 Å². The molecule has 27 heavy (non-hydrogen) atoms. The summed E-state index contributed by atoms with van der Waals surface area (Å²) in [5, 5.41) is 7.67. The zero-order chi connectivity index (χ0) is 18.9. The summed E-state index contributed by atoms with van der Waals surface area (Å²) in [6.45, 7) is 10.8. The van der Waals surface area contributed by atoms with Crippen molar-refractivity contribution in [3.8, 4) is 11.5 Å². The molecular weight excluding hydrogens is 475 g/mol. The first-order valence-electron chi connectivity index (χ1n) is 8.82. The van der Waals surface area contributed by atoms with E-state index in [1.165, 1.54) is 4.88 Å². The Morgan fingerprint density at radius 1 is 1.19 bits per heavy atom. The average Bonchev–Trinajstić information content (AvgIpc) is 2.96. The van der Waals surface area contributed by atoms with E-state index in [-0.39, 0.29) is 24.0 Å². The number of aryl methyl sites for hydroxylation is 2. The van der Waals surface area contributed by atoms with Gasteiger partial charge in [-0.05, 0) is 45.4 Å². The Balaban J connectivity index is 0.00000364. The molecule has 0 saturated heterocycles. The predicted octanol–water partition coefficient (Wildman–Crippen LogP) is 4.04. The van der Waals surface area contributed by atoms with E-state index >= 15 is 0 Å². The van der Waals surface area contributed by atoms with Crippen molar-refractivity contribution >= 4 is 41.3 Å². The van der Waals surface area contributed by atoms with Gasteiger partial charge >= 0.3 is 0 Å². The first kappa shape index (κ1) is 23.5. The lowest BCUT2D eigenvalue weighted by Gasteiger charge is -2.12. The third kappa shape index (κ3) is 7.17. The lowest BCUT2D eigenvalue weighted by molar-refractivity contribution is 0.310. The van der Waals surface area contributed by atoms with E-state index in [2.05, 4.69) is 34.5 Å². The van der Waals surface area contributed by atoms with Crippen LogP contribution >= 0.6 is 35.3 Å². The van der Waals surface area contributed by atoms with E-state index < -0.39 is 0 Å². The summed E-state index contributed by atoms with van der Waals surface area (Å²) in [6.07, 6.45) is 0. The van der Waals surface area contributed by atoms with Crippen molar-refractivity contribution in [2.75, 3.05) is 20.3 Å². The fraction of sp³-hybridized carbons (Fsp3) is 0.474. The van der Waals surface area contributed by atoms with Gasteiger partial charge in [0.25, 0.3) is 0 Å². The van der Waals surface area contributed by atoms with Crippen molar-refractivity contribution < 1.29 is 9.47 Å². The number of hydrogen-bond donors (Lipinski definition) is 2. The molecule has 2 N–H and O–H groups in total. The first-order valence-corrected chi connectivity index (χ1v) is 9.63. The number of benzene rings is 1. The highest BCUT2D eigenvalue weighted by Crippen LogP contribution is 2.28. The lowest BCUT2D eigenvalue weighted by atomic mass is 10.2. The van der Waals surface area contributed by atoms with Gasteiger partial charge in [0.05, 0.1) is 32.5 Å². The van der Waals surface area contributed by atoms with Crippen LogP contribution in [0.3, 0.4) is 0 Å². The molecule has 2 rings (SSSR count). The summed E-state index contributed by atoms with van der Waals surface area (Å²) in [5.74, 6) is 2.25. The topological polar surface area (TPSA) is 67.8 Å². The summed E-state index contributed by atoms with van der Waals surface area (Å²) in [7, 11) is 1.64. The molecule has 0 atom stereocenters. The molecule has 0 saturated carbocycles. The van der Waals surface area contributed by atoms with Gasteiger partial charge in [-0.1, -0.05) is 6.07 Å². The maximum absolute atomic E-state index is 5.63. The van der Waals surface area contributed by atoms with Crippen LogP contribution in [0.15, 0.2) is 23.2 Å². The molecule has 6 nitrogen and oxygen atoms in total. The number of hydrogen-bond acceptors (Lipinski definition) is 5. The molecule has 0 fully saturated rings. The molecule has 150 valence electrons. The quantitative estimate of drug-likeness (QED) is 0.323. The van der Waals surface area contributed by atoms with Gasteiger partial charge in [-0.25, -0.2) is 9.98 Å². The highest BCUT2D eigenvalue weighted by Gasteiger charge is 2.07. The van der Waals surface area contributed by atoms with Gasteiger partial charge in [0, 0.05) is 11.4 Å². The standard InChI is InChI=1S/C19H28N4O2S.HI/c1-6-20-19(22-12-18-23-13(3)14(4)26-18)21-11-15-8-9-16(24-5)17(10-15)25-7-2;/h8-10H,6-7,11-12H2,1-5H3,(H2,20,21,22);1H. The van der Waals surface area contributed by atoms with Crippen LogP contribution in [-0.2, 0) is 13.1 Å². The van der Waals surface area contributed by atoms with Crippen LogP contribution in [0.2, 0.25) is 0 Å². The molecule has 0 unspecified atom stereocenters. The van der Waals surface area contributed by atoms with E-state index in [9.17, 15) is 0 Å². The van der Waals surface area contributed by atoms with E-state index in [0.29, 0.717) is 19.7 Å². The zero-order valence-electron chi connectivity index (χ0n) is 16.6. The predicted molar refractivity (Wildman–Crippen MR) is 123 cm³/mol. The Morgan fingerprint density at radius 2 is 1.96 bits per heavy atom. The number of aromatic nitrogens is 1. The first-order chi connectivity index (χ1) is 12.6. The Morgan fingerprint density at radius 3 is 2.56 bits per heavy atom.